The van der Waals surface area contributed by atoms with Crippen LogP contribution in [-0.2, 0) is 5.41 Å². The Morgan fingerprint density at radius 1 is 0.633 bits per heavy atom. The molecule has 0 radical (unpaired) electrons. The van der Waals surface area contributed by atoms with Gasteiger partial charge in [0.25, 0.3) is 0 Å². The Morgan fingerprint density at radius 2 is 1.07 bits per heavy atom. The molecule has 0 aliphatic rings. The van der Waals surface area contributed by atoms with Crippen molar-refractivity contribution < 1.29 is 23.2 Å². The molecule has 0 fully saturated rings. The molecule has 156 valence electrons. The van der Waals surface area contributed by atoms with Crippen LogP contribution < -0.4 is 0 Å². The summed E-state index contributed by atoms with van der Waals surface area (Å²) in [6.07, 6.45) is 2.68. The molecular formula is C24H24BF3O2. The van der Waals surface area contributed by atoms with E-state index < -0.39 is 30.0 Å². The van der Waals surface area contributed by atoms with E-state index in [1.807, 2.05) is 0 Å². The van der Waals surface area contributed by atoms with Gasteiger partial charge < -0.3 is 10.0 Å². The van der Waals surface area contributed by atoms with Gasteiger partial charge in [0.1, 0.15) is 17.5 Å². The normalized spacial score (nSPS) is 11.5. The minimum absolute atomic E-state index is 0.257. The van der Waals surface area contributed by atoms with E-state index >= 15 is 0 Å². The van der Waals surface area contributed by atoms with Crippen LogP contribution in [0.5, 0.6) is 0 Å². The van der Waals surface area contributed by atoms with Gasteiger partial charge >= 0.3 is 7.12 Å². The van der Waals surface area contributed by atoms with Crippen LogP contribution in [0.15, 0.2) is 72.8 Å². The van der Waals surface area contributed by atoms with E-state index in [0.29, 0.717) is 42.4 Å². The van der Waals surface area contributed by atoms with E-state index in [9.17, 15) is 13.2 Å². The lowest BCUT2D eigenvalue weighted by atomic mass is 9.66. The van der Waals surface area contributed by atoms with E-state index in [1.54, 1.807) is 36.4 Å². The van der Waals surface area contributed by atoms with Gasteiger partial charge in [0.2, 0.25) is 0 Å². The number of benzene rings is 3. The first-order valence-corrected chi connectivity index (χ1v) is 10.1. The zero-order valence-electron chi connectivity index (χ0n) is 16.6. The van der Waals surface area contributed by atoms with E-state index in [2.05, 4.69) is 0 Å². The van der Waals surface area contributed by atoms with Gasteiger partial charge in [-0.1, -0.05) is 55.7 Å². The first-order valence-electron chi connectivity index (χ1n) is 10.1. The summed E-state index contributed by atoms with van der Waals surface area (Å²) >= 11 is 0. The van der Waals surface area contributed by atoms with Crippen molar-refractivity contribution in [1.82, 2.24) is 0 Å². The summed E-state index contributed by atoms with van der Waals surface area (Å²) in [6, 6.07) is 18.4. The van der Waals surface area contributed by atoms with Gasteiger partial charge in [-0.15, -0.1) is 0 Å². The molecule has 2 N–H and O–H groups in total. The van der Waals surface area contributed by atoms with E-state index in [0.717, 1.165) is 0 Å². The number of halogens is 3. The van der Waals surface area contributed by atoms with Gasteiger partial charge in [-0.2, -0.15) is 0 Å². The highest BCUT2D eigenvalue weighted by atomic mass is 19.1. The smallest absolute Gasteiger partial charge is 0.427 e. The van der Waals surface area contributed by atoms with Gasteiger partial charge in [-0.05, 0) is 65.8 Å². The molecule has 0 heterocycles. The molecule has 0 aliphatic heterocycles. The second-order valence-corrected chi connectivity index (χ2v) is 7.52. The minimum Gasteiger partial charge on any atom is -0.427 e. The second-order valence-electron chi connectivity index (χ2n) is 7.52. The Morgan fingerprint density at radius 3 is 1.43 bits per heavy atom. The fraction of sp³-hybridized carbons (Fsp3) is 0.250. The van der Waals surface area contributed by atoms with Crippen LogP contribution in [0, 0.1) is 17.5 Å². The largest absolute Gasteiger partial charge is 0.451 e. The molecule has 0 bridgehead atoms. The Balaban J connectivity index is 2.13. The summed E-state index contributed by atoms with van der Waals surface area (Å²) in [5.41, 5.74) is 0.882. The number of hydrogen-bond donors (Lipinski definition) is 2. The van der Waals surface area contributed by atoms with Crippen molar-refractivity contribution in [2.45, 2.75) is 37.4 Å². The number of rotatable bonds is 9. The molecule has 3 rings (SSSR count). The molecule has 0 amide bonds. The maximum atomic E-state index is 14.2. The molecule has 0 aromatic heterocycles. The van der Waals surface area contributed by atoms with Crippen LogP contribution >= 0.6 is 0 Å². The van der Waals surface area contributed by atoms with E-state index in [-0.39, 0.29) is 6.32 Å². The lowest BCUT2D eigenvalue weighted by Crippen LogP contribution is -2.30. The molecule has 0 unspecified atom stereocenters. The maximum absolute atomic E-state index is 14.2. The van der Waals surface area contributed by atoms with Gasteiger partial charge in [0.15, 0.2) is 0 Å². The summed E-state index contributed by atoms with van der Waals surface area (Å²) in [5.74, 6) is -1.27. The quantitative estimate of drug-likeness (QED) is 0.278. The highest BCUT2D eigenvalue weighted by Gasteiger charge is 2.36. The Bertz CT molecular complexity index is 867. The van der Waals surface area contributed by atoms with Crippen molar-refractivity contribution in [2.75, 3.05) is 0 Å². The molecule has 0 aliphatic carbocycles. The third kappa shape index (κ3) is 5.13. The minimum atomic E-state index is -1.36. The fourth-order valence-electron chi connectivity index (χ4n) is 4.09. The summed E-state index contributed by atoms with van der Waals surface area (Å²) in [5, 5.41) is 18.1. The SMILES string of the molecule is OB(O)CCCCCC(c1cccc(F)c1)(c1cccc(F)c1)c1cccc(F)c1. The van der Waals surface area contributed by atoms with Crippen LogP contribution in [0.25, 0.3) is 0 Å². The van der Waals surface area contributed by atoms with Crippen molar-refractivity contribution >= 4 is 7.12 Å². The van der Waals surface area contributed by atoms with Gasteiger partial charge in [-0.25, -0.2) is 13.2 Å². The Labute approximate surface area is 175 Å². The molecule has 6 heteroatoms. The average Bonchev–Trinajstić information content (AvgIpc) is 2.70. The molecule has 3 aromatic rings. The first-order chi connectivity index (χ1) is 14.4. The van der Waals surface area contributed by atoms with E-state index in [4.69, 9.17) is 10.0 Å². The van der Waals surface area contributed by atoms with Crippen LogP contribution in [0.2, 0.25) is 6.32 Å². The topological polar surface area (TPSA) is 40.5 Å². The average molecular weight is 412 g/mol. The van der Waals surface area contributed by atoms with Gasteiger partial charge in [0.05, 0.1) is 0 Å². The summed E-state index contributed by atoms with van der Waals surface area (Å²) in [4.78, 5) is 0. The third-order valence-electron chi connectivity index (χ3n) is 5.47. The molecule has 30 heavy (non-hydrogen) atoms. The van der Waals surface area contributed by atoms with Crippen LogP contribution in [0.1, 0.15) is 42.4 Å². The highest BCUT2D eigenvalue weighted by molar-refractivity contribution is 6.40. The fourth-order valence-corrected chi connectivity index (χ4v) is 4.09. The molecular weight excluding hydrogens is 388 g/mol. The third-order valence-corrected chi connectivity index (χ3v) is 5.47. The maximum Gasteiger partial charge on any atom is 0.451 e. The lowest BCUT2D eigenvalue weighted by molar-refractivity contribution is 0.400. The van der Waals surface area contributed by atoms with Crippen LogP contribution in [0.3, 0.4) is 0 Å². The van der Waals surface area contributed by atoms with Crippen molar-refractivity contribution in [2.24, 2.45) is 0 Å². The second kappa shape index (κ2) is 9.96. The van der Waals surface area contributed by atoms with Crippen molar-refractivity contribution in [1.29, 1.82) is 0 Å². The summed E-state index contributed by atoms with van der Waals surface area (Å²) in [7, 11) is -1.36. The molecule has 0 spiro atoms. The highest BCUT2D eigenvalue weighted by Crippen LogP contribution is 2.44. The van der Waals surface area contributed by atoms with Crippen molar-refractivity contribution in [3.8, 4) is 0 Å². The predicted molar refractivity (Wildman–Crippen MR) is 113 cm³/mol. The number of hydrogen-bond acceptors (Lipinski definition) is 2. The molecule has 3 aromatic carbocycles. The summed E-state index contributed by atoms with van der Waals surface area (Å²) in [6.45, 7) is 0. The zero-order chi connectivity index (χ0) is 21.6. The monoisotopic (exact) mass is 412 g/mol. The summed E-state index contributed by atoms with van der Waals surface area (Å²) < 4.78 is 42.6. The molecule has 0 saturated heterocycles. The van der Waals surface area contributed by atoms with Crippen LogP contribution in [0.4, 0.5) is 13.2 Å². The van der Waals surface area contributed by atoms with Gasteiger partial charge in [0, 0.05) is 5.41 Å². The van der Waals surface area contributed by atoms with Crippen LogP contribution in [-0.4, -0.2) is 17.2 Å². The molecule has 2 nitrogen and oxygen atoms in total. The van der Waals surface area contributed by atoms with Gasteiger partial charge in [-0.3, -0.25) is 0 Å². The number of unbranched alkanes of at least 4 members (excludes halogenated alkanes) is 2. The van der Waals surface area contributed by atoms with Crippen molar-refractivity contribution in [3.05, 3.63) is 107 Å². The standard InChI is InChI=1S/C24H24BF3O2/c26-21-10-4-7-18(15-21)24(13-2-1-3-14-25(29)30,19-8-5-11-22(27)16-19)20-9-6-12-23(28)17-20/h4-12,15-17,29-30H,1-3,13-14H2. The predicted octanol–water partition coefficient (Wildman–Crippen LogP) is 5.47. The molecule has 0 saturated carbocycles. The molecule has 0 atom stereocenters. The lowest BCUT2D eigenvalue weighted by Gasteiger charge is -2.36. The van der Waals surface area contributed by atoms with E-state index in [1.165, 1.54) is 36.4 Å². The Kier molecular flexibility index (Phi) is 7.35. The first kappa shape index (κ1) is 22.1. The Hall–Kier alpha value is -2.57. The van der Waals surface area contributed by atoms with Crippen molar-refractivity contribution in [3.63, 3.8) is 0 Å². The zero-order valence-corrected chi connectivity index (χ0v) is 16.6.